The minimum absolute atomic E-state index is 0.0143. The third-order valence-corrected chi connectivity index (χ3v) is 10.3. The number of guanidine groups is 1. The number of rotatable bonds is 12. The standard InChI is InChI=1S/C32H47BN6O5/c1-19(2)14-28(33-43-27-17-23-16-26(31(23,4)5)32(27,6)44-33)37-29(40)25(15-20(3)36-30(34)38-39(41)42)35-18-22-12-9-11-21-10-7-8-13-24(21)22/h7-13,19-20,23,25-28,35H,14-18H2,1-6H3,(H,37,40)(H3,34,36,38)/t20?,23-,25-,26-,27+,28-,32-/m0/s1. The number of benzene rings is 2. The molecule has 11 nitrogen and oxygen atoms in total. The molecule has 2 aromatic carbocycles. The molecule has 6 rings (SSSR count). The summed E-state index contributed by atoms with van der Waals surface area (Å²) in [7, 11) is -0.543. The summed E-state index contributed by atoms with van der Waals surface area (Å²) in [6.45, 7) is 13.3. The molecule has 3 saturated carbocycles. The summed E-state index contributed by atoms with van der Waals surface area (Å²) in [6, 6.07) is 13.2. The van der Waals surface area contributed by atoms with Crippen molar-refractivity contribution in [1.29, 1.82) is 5.41 Å². The van der Waals surface area contributed by atoms with Gasteiger partial charge in [-0.25, -0.2) is 10.1 Å². The highest BCUT2D eigenvalue weighted by molar-refractivity contribution is 6.47. The van der Waals surface area contributed by atoms with E-state index in [4.69, 9.17) is 14.7 Å². The second kappa shape index (κ2) is 12.6. The number of hydrogen-bond donors (Lipinski definition) is 5. The number of hydrogen-bond acceptors (Lipinski definition) is 7. The van der Waals surface area contributed by atoms with Gasteiger partial charge in [0.05, 0.1) is 23.7 Å². The SMILES string of the molecule is CC(C)C[C@H](NC(=O)[C@H](CC(C)NC(=N)N[N+](=O)[O-])NCc1cccc2ccccc12)B1O[C@@H]2C[C@@H]3C[C@@H](C3(C)C)[C@]2(C)O1. The molecular formula is C32H47BN6O5. The second-order valence-corrected chi connectivity index (χ2v) is 14.2. The van der Waals surface area contributed by atoms with Gasteiger partial charge in [-0.1, -0.05) is 75.6 Å². The molecule has 0 spiro atoms. The lowest BCUT2D eigenvalue weighted by Gasteiger charge is -2.64. The number of hydrazine groups is 1. The van der Waals surface area contributed by atoms with Crippen LogP contribution < -0.4 is 21.4 Å². The Balaban J connectivity index is 1.32. The van der Waals surface area contributed by atoms with Crippen LogP contribution in [0.25, 0.3) is 10.8 Å². The number of carbonyl (C=O) groups is 1. The molecule has 1 saturated heterocycles. The van der Waals surface area contributed by atoms with E-state index in [1.807, 2.05) is 29.7 Å². The summed E-state index contributed by atoms with van der Waals surface area (Å²) in [5.74, 6) is 0.373. The van der Waals surface area contributed by atoms with Gasteiger partial charge in [-0.05, 0) is 79.0 Å². The molecule has 44 heavy (non-hydrogen) atoms. The molecule has 0 aromatic heterocycles. The van der Waals surface area contributed by atoms with E-state index in [0.29, 0.717) is 30.7 Å². The average Bonchev–Trinajstić information content (AvgIpc) is 3.31. The van der Waals surface area contributed by atoms with Gasteiger partial charge in [0.1, 0.15) is 0 Å². The van der Waals surface area contributed by atoms with Crippen LogP contribution in [0.2, 0.25) is 0 Å². The van der Waals surface area contributed by atoms with Crippen molar-refractivity contribution in [2.45, 2.75) is 104 Å². The van der Waals surface area contributed by atoms with Gasteiger partial charge in [0.15, 0.2) is 5.03 Å². The number of nitrogens with zero attached hydrogens (tertiary/aromatic N) is 1. The first-order chi connectivity index (χ1) is 20.8. The summed E-state index contributed by atoms with van der Waals surface area (Å²) in [5.41, 5.74) is 2.73. The zero-order valence-electron chi connectivity index (χ0n) is 26.7. The van der Waals surface area contributed by atoms with Crippen molar-refractivity contribution in [2.24, 2.45) is 23.2 Å². The molecule has 2 bridgehead atoms. The molecule has 4 aliphatic rings. The molecule has 1 aliphatic heterocycles. The first-order valence-electron chi connectivity index (χ1n) is 15.9. The Morgan fingerprint density at radius 3 is 2.52 bits per heavy atom. The molecule has 238 valence electrons. The highest BCUT2D eigenvalue weighted by Crippen LogP contribution is 2.65. The zero-order valence-corrected chi connectivity index (χ0v) is 26.7. The summed E-state index contributed by atoms with van der Waals surface area (Å²) in [4.78, 5) is 24.9. The maximum absolute atomic E-state index is 14.1. The van der Waals surface area contributed by atoms with Gasteiger partial charge in [0.2, 0.25) is 5.91 Å². The van der Waals surface area contributed by atoms with Crippen LogP contribution in [-0.2, 0) is 20.6 Å². The third kappa shape index (κ3) is 6.57. The molecule has 2 aromatic rings. The van der Waals surface area contributed by atoms with E-state index in [1.54, 1.807) is 6.92 Å². The molecule has 1 amide bonds. The largest absolute Gasteiger partial charge is 0.481 e. The minimum atomic E-state index is -0.786. The number of carbonyl (C=O) groups excluding carboxylic acids is 1. The van der Waals surface area contributed by atoms with Crippen LogP contribution in [0.1, 0.15) is 72.8 Å². The highest BCUT2D eigenvalue weighted by atomic mass is 16.7. The predicted octanol–water partition coefficient (Wildman–Crippen LogP) is 4.18. The maximum atomic E-state index is 14.1. The van der Waals surface area contributed by atoms with Gasteiger partial charge in [0, 0.05) is 12.6 Å². The van der Waals surface area contributed by atoms with E-state index >= 15 is 0 Å². The van der Waals surface area contributed by atoms with Gasteiger partial charge < -0.3 is 25.3 Å². The summed E-state index contributed by atoms with van der Waals surface area (Å²) in [6.07, 6.45) is 3.12. The van der Waals surface area contributed by atoms with E-state index < -0.39 is 30.2 Å². The topological polar surface area (TPSA) is 151 Å². The van der Waals surface area contributed by atoms with Crippen LogP contribution in [0.3, 0.4) is 0 Å². The van der Waals surface area contributed by atoms with Crippen molar-refractivity contribution < 1.29 is 19.1 Å². The predicted molar refractivity (Wildman–Crippen MR) is 171 cm³/mol. The fraction of sp³-hybridized carbons (Fsp3) is 0.625. The van der Waals surface area contributed by atoms with Gasteiger partial charge in [-0.15, -0.1) is 0 Å². The highest BCUT2D eigenvalue weighted by Gasteiger charge is 2.68. The van der Waals surface area contributed by atoms with Crippen molar-refractivity contribution >= 4 is 29.8 Å². The first kappa shape index (κ1) is 32.2. The third-order valence-electron chi connectivity index (χ3n) is 10.3. The summed E-state index contributed by atoms with van der Waals surface area (Å²) < 4.78 is 13.3. The molecule has 0 radical (unpaired) electrons. The van der Waals surface area contributed by atoms with Crippen molar-refractivity contribution in [3.63, 3.8) is 0 Å². The molecule has 7 atom stereocenters. The molecular weight excluding hydrogens is 559 g/mol. The Hall–Kier alpha value is -3.22. The second-order valence-electron chi connectivity index (χ2n) is 14.2. The van der Waals surface area contributed by atoms with Gasteiger partial charge >= 0.3 is 7.12 Å². The lowest BCUT2D eigenvalue weighted by atomic mass is 9.43. The van der Waals surface area contributed by atoms with E-state index in [9.17, 15) is 14.9 Å². The lowest BCUT2D eigenvalue weighted by Crippen LogP contribution is -2.65. The number of nitrogens with one attached hydrogen (secondary N) is 5. The molecule has 5 N–H and O–H groups in total. The van der Waals surface area contributed by atoms with Crippen LogP contribution in [0.15, 0.2) is 42.5 Å². The molecule has 1 heterocycles. The number of fused-ring (bicyclic) bond motifs is 1. The molecule has 1 unspecified atom stereocenters. The average molecular weight is 607 g/mol. The zero-order chi connectivity index (χ0) is 31.8. The van der Waals surface area contributed by atoms with E-state index in [-0.39, 0.29) is 35.4 Å². The van der Waals surface area contributed by atoms with Crippen LogP contribution in [0.5, 0.6) is 0 Å². The van der Waals surface area contributed by atoms with Crippen LogP contribution in [-0.4, -0.2) is 53.7 Å². The molecule has 4 fully saturated rings. The van der Waals surface area contributed by atoms with Crippen LogP contribution >= 0.6 is 0 Å². The number of nitro groups is 1. The maximum Gasteiger partial charge on any atom is 0.481 e. The summed E-state index contributed by atoms with van der Waals surface area (Å²) in [5, 5.41) is 29.6. The van der Waals surface area contributed by atoms with Crippen LogP contribution in [0, 0.1) is 38.7 Å². The van der Waals surface area contributed by atoms with Gasteiger partial charge in [0.25, 0.3) is 5.96 Å². The lowest BCUT2D eigenvalue weighted by molar-refractivity contribution is -0.525. The quantitative estimate of drug-likeness (QED) is 0.0794. The van der Waals surface area contributed by atoms with Crippen molar-refractivity contribution in [3.05, 3.63) is 58.1 Å². The first-order valence-corrected chi connectivity index (χ1v) is 15.9. The molecule has 12 heteroatoms. The van der Waals surface area contributed by atoms with E-state index in [1.165, 1.54) is 0 Å². The Bertz CT molecular complexity index is 1380. The molecule has 3 aliphatic carbocycles. The van der Waals surface area contributed by atoms with Crippen molar-refractivity contribution in [2.75, 3.05) is 0 Å². The van der Waals surface area contributed by atoms with Crippen molar-refractivity contribution in [1.82, 2.24) is 21.4 Å². The van der Waals surface area contributed by atoms with Gasteiger partial charge in [-0.3, -0.25) is 10.2 Å². The number of amides is 1. The van der Waals surface area contributed by atoms with E-state index in [2.05, 4.69) is 68.8 Å². The normalized spacial score (nSPS) is 27.2. The fourth-order valence-corrected chi connectivity index (χ4v) is 7.85. The fourth-order valence-electron chi connectivity index (χ4n) is 7.85. The smallest absolute Gasteiger partial charge is 0.404 e. The van der Waals surface area contributed by atoms with Gasteiger partial charge in [-0.2, -0.15) is 0 Å². The Morgan fingerprint density at radius 1 is 1.09 bits per heavy atom. The monoisotopic (exact) mass is 606 g/mol. The minimum Gasteiger partial charge on any atom is -0.404 e. The van der Waals surface area contributed by atoms with Crippen LogP contribution in [0.4, 0.5) is 0 Å². The van der Waals surface area contributed by atoms with E-state index in [0.717, 1.165) is 29.2 Å². The van der Waals surface area contributed by atoms with Crippen molar-refractivity contribution in [3.8, 4) is 0 Å². The Kier molecular flexibility index (Phi) is 9.25. The Labute approximate surface area is 260 Å². The summed E-state index contributed by atoms with van der Waals surface area (Å²) >= 11 is 0. The Morgan fingerprint density at radius 2 is 1.82 bits per heavy atom.